The molecule has 4 aromatic rings. The van der Waals surface area contributed by atoms with Crippen LogP contribution in [-0.4, -0.2) is 45.4 Å². The molecule has 1 fully saturated rings. The van der Waals surface area contributed by atoms with E-state index >= 15 is 0 Å². The second-order valence-corrected chi connectivity index (χ2v) is 10.5. The summed E-state index contributed by atoms with van der Waals surface area (Å²) >= 11 is 0. The molecule has 0 spiro atoms. The van der Waals surface area contributed by atoms with Crippen LogP contribution in [0.3, 0.4) is 0 Å². The molecule has 3 heterocycles. The molecule has 2 aromatic heterocycles. The van der Waals surface area contributed by atoms with Gasteiger partial charge in [0.2, 0.25) is 11.6 Å². The van der Waals surface area contributed by atoms with Gasteiger partial charge in [0.25, 0.3) is 5.56 Å². The first-order valence-electron chi connectivity index (χ1n) is 13.7. The van der Waals surface area contributed by atoms with E-state index in [4.69, 9.17) is 10.2 Å². The van der Waals surface area contributed by atoms with Gasteiger partial charge in [-0.05, 0) is 29.8 Å². The average molecular weight is 641 g/mol. The number of benzene rings is 2. The van der Waals surface area contributed by atoms with E-state index < -0.39 is 58.9 Å². The summed E-state index contributed by atoms with van der Waals surface area (Å²) in [5.74, 6) is -2.51. The number of aromatic nitrogens is 3. The van der Waals surface area contributed by atoms with Crippen LogP contribution in [0.1, 0.15) is 34.3 Å². The molecule has 240 valence electrons. The molecule has 0 radical (unpaired) electrons. The lowest BCUT2D eigenvalue weighted by atomic mass is 10.1. The van der Waals surface area contributed by atoms with Crippen molar-refractivity contribution in [1.29, 1.82) is 0 Å². The number of nitrogens with two attached hydrogens (primary N) is 1. The van der Waals surface area contributed by atoms with E-state index in [2.05, 4.69) is 5.10 Å². The maximum Gasteiger partial charge on any atom is 0.449 e. The molecule has 2 aromatic carbocycles. The number of halogens is 7. The number of hydrogen-bond acceptors (Lipinski definition) is 7. The Morgan fingerprint density at radius 3 is 2.16 bits per heavy atom. The Balaban J connectivity index is 1.46. The summed E-state index contributed by atoms with van der Waals surface area (Å²) in [6, 6.07) is 12.1. The number of hydrogen-bond donors (Lipinski definition) is 1. The molecule has 0 aliphatic carbocycles. The minimum absolute atomic E-state index is 0.0561. The quantitative estimate of drug-likeness (QED) is 0.288. The van der Waals surface area contributed by atoms with Crippen LogP contribution in [0.5, 0.6) is 0 Å². The van der Waals surface area contributed by atoms with Crippen LogP contribution in [0.2, 0.25) is 0 Å². The molecule has 2 N–H and O–H groups in total. The Bertz CT molecular complexity index is 1760. The molecule has 1 aliphatic rings. The highest BCUT2D eigenvalue weighted by Crippen LogP contribution is 2.33. The van der Waals surface area contributed by atoms with Crippen LogP contribution in [0.25, 0.3) is 0 Å². The molecular weight excluding hydrogens is 613 g/mol. The number of furan rings is 1. The van der Waals surface area contributed by atoms with Gasteiger partial charge in [0.1, 0.15) is 11.6 Å². The van der Waals surface area contributed by atoms with Gasteiger partial charge in [0, 0.05) is 37.8 Å². The molecule has 45 heavy (non-hydrogen) atoms. The van der Waals surface area contributed by atoms with Crippen molar-refractivity contribution in [2.45, 2.75) is 38.0 Å². The third-order valence-corrected chi connectivity index (χ3v) is 7.44. The number of rotatable bonds is 8. The van der Waals surface area contributed by atoms with Gasteiger partial charge in [-0.3, -0.25) is 14.3 Å². The van der Waals surface area contributed by atoms with Crippen molar-refractivity contribution < 1.29 is 35.2 Å². The van der Waals surface area contributed by atoms with Crippen LogP contribution < -0.4 is 21.9 Å². The highest BCUT2D eigenvalue weighted by Gasteiger charge is 2.36. The Morgan fingerprint density at radius 1 is 0.844 bits per heavy atom. The van der Waals surface area contributed by atoms with E-state index in [-0.39, 0.29) is 50.8 Å². The fourth-order valence-electron chi connectivity index (χ4n) is 5.10. The average Bonchev–Trinajstić information content (AvgIpc) is 3.47. The summed E-state index contributed by atoms with van der Waals surface area (Å²) in [5.41, 5.74) is 2.82. The van der Waals surface area contributed by atoms with Gasteiger partial charge in [-0.15, -0.1) is 5.10 Å². The van der Waals surface area contributed by atoms with Gasteiger partial charge in [-0.25, -0.2) is 13.9 Å². The summed E-state index contributed by atoms with van der Waals surface area (Å²) < 4.78 is 101. The molecule has 0 amide bonds. The summed E-state index contributed by atoms with van der Waals surface area (Å²) in [5, 5.41) is 4.10. The minimum atomic E-state index is -4.93. The van der Waals surface area contributed by atoms with Crippen molar-refractivity contribution in [2.24, 2.45) is 5.73 Å². The molecule has 9 nitrogen and oxygen atoms in total. The zero-order chi connectivity index (χ0) is 32.5. The summed E-state index contributed by atoms with van der Waals surface area (Å²) in [7, 11) is 0. The van der Waals surface area contributed by atoms with E-state index in [1.54, 1.807) is 35.2 Å². The van der Waals surface area contributed by atoms with Gasteiger partial charge in [0.05, 0.1) is 25.2 Å². The van der Waals surface area contributed by atoms with Crippen LogP contribution in [0.4, 0.5) is 36.6 Å². The van der Waals surface area contributed by atoms with Crippen molar-refractivity contribution >= 4 is 5.82 Å². The first-order chi connectivity index (χ1) is 21.2. The Morgan fingerprint density at radius 2 is 1.53 bits per heavy atom. The second-order valence-electron chi connectivity index (χ2n) is 10.5. The summed E-state index contributed by atoms with van der Waals surface area (Å²) in [6.07, 6.45) is -9.56. The highest BCUT2D eigenvalue weighted by molar-refractivity contribution is 5.36. The molecule has 0 bridgehead atoms. The normalized spacial score (nSPS) is 15.4. The van der Waals surface area contributed by atoms with Gasteiger partial charge < -0.3 is 15.1 Å². The minimum Gasteiger partial charge on any atom is -0.455 e. The fourth-order valence-corrected chi connectivity index (χ4v) is 5.10. The topological polar surface area (TPSA) is 103 Å². The lowest BCUT2D eigenvalue weighted by molar-refractivity contribution is -0.153. The van der Waals surface area contributed by atoms with Gasteiger partial charge in [-0.1, -0.05) is 36.4 Å². The van der Waals surface area contributed by atoms with Crippen LogP contribution in [0, 0.1) is 5.82 Å². The number of piperazine rings is 1. The number of nitrogens with zero attached hydrogens (tertiary/aromatic N) is 5. The molecule has 1 saturated heterocycles. The van der Waals surface area contributed by atoms with E-state index in [0.717, 1.165) is 22.8 Å². The third kappa shape index (κ3) is 7.12. The molecule has 16 heteroatoms. The van der Waals surface area contributed by atoms with E-state index in [9.17, 15) is 40.3 Å². The monoisotopic (exact) mass is 640 g/mol. The maximum absolute atomic E-state index is 14.7. The van der Waals surface area contributed by atoms with Crippen LogP contribution in [-0.2, 0) is 32.0 Å². The first kappa shape index (κ1) is 32.0. The predicted octanol–water partition coefficient (Wildman–Crippen LogP) is 4.25. The lowest BCUT2D eigenvalue weighted by Crippen LogP contribution is -2.51. The van der Waals surface area contributed by atoms with Crippen molar-refractivity contribution in [3.8, 4) is 0 Å². The molecule has 0 saturated carbocycles. The SMILES string of the molecule is N[C@@H](Cn1c(=O)c(N2CCN(Cc3ccc(C(F)(F)F)o3)CC2)nn(Cc2c(F)cccc2C(F)(F)F)c1=O)c1ccccc1. The van der Waals surface area contributed by atoms with Crippen LogP contribution >= 0.6 is 0 Å². The Labute approximate surface area is 250 Å². The molecule has 1 atom stereocenters. The van der Waals surface area contributed by atoms with E-state index in [0.29, 0.717) is 16.3 Å². The van der Waals surface area contributed by atoms with Gasteiger partial charge in [-0.2, -0.15) is 26.3 Å². The van der Waals surface area contributed by atoms with Crippen molar-refractivity contribution in [1.82, 2.24) is 19.2 Å². The zero-order valence-electron chi connectivity index (χ0n) is 23.5. The standard InChI is InChI=1S/C29H27F7N6O3/c30-22-8-4-7-21(28(31,32)33)20(22)16-42-27(44)41(17-23(37)18-5-2-1-3-6-18)26(43)25(38-42)40-13-11-39(12-14-40)15-19-9-10-24(45-19)29(34,35)36/h1-10,23H,11-17,37H2/t23-/m0/s1. The van der Waals surface area contributed by atoms with Crippen molar-refractivity contribution in [3.63, 3.8) is 0 Å². The zero-order valence-corrected chi connectivity index (χ0v) is 23.5. The largest absolute Gasteiger partial charge is 0.455 e. The Kier molecular flexibility index (Phi) is 8.89. The van der Waals surface area contributed by atoms with Crippen molar-refractivity contribution in [2.75, 3.05) is 31.1 Å². The second kappa shape index (κ2) is 12.5. The Hall–Kier alpha value is -4.44. The third-order valence-electron chi connectivity index (χ3n) is 7.44. The lowest BCUT2D eigenvalue weighted by Gasteiger charge is -2.34. The van der Waals surface area contributed by atoms with Crippen LogP contribution in [0.15, 0.2) is 74.7 Å². The smallest absolute Gasteiger partial charge is 0.449 e. The van der Waals surface area contributed by atoms with Gasteiger partial charge in [0.15, 0.2) is 0 Å². The highest BCUT2D eigenvalue weighted by atomic mass is 19.4. The summed E-state index contributed by atoms with van der Waals surface area (Å²) in [6.45, 7) is -0.457. The van der Waals surface area contributed by atoms with Gasteiger partial charge >= 0.3 is 18.0 Å². The number of alkyl halides is 6. The number of anilines is 1. The molecule has 5 rings (SSSR count). The summed E-state index contributed by atoms with van der Waals surface area (Å²) in [4.78, 5) is 30.4. The van der Waals surface area contributed by atoms with E-state index in [1.807, 2.05) is 0 Å². The van der Waals surface area contributed by atoms with Crippen molar-refractivity contribution in [3.05, 3.63) is 116 Å². The molecule has 1 aliphatic heterocycles. The van der Waals surface area contributed by atoms with E-state index in [1.165, 1.54) is 11.0 Å². The maximum atomic E-state index is 14.7. The fraction of sp³-hybridized carbons (Fsp3) is 0.345. The molecule has 0 unspecified atom stereocenters. The first-order valence-corrected chi connectivity index (χ1v) is 13.7. The molecular formula is C29H27F7N6O3. The predicted molar refractivity (Wildman–Crippen MR) is 148 cm³/mol.